The van der Waals surface area contributed by atoms with Crippen LogP contribution in [0.2, 0.25) is 0 Å². The molecule has 0 aliphatic carbocycles. The molecule has 0 bridgehead atoms. The Morgan fingerprint density at radius 1 is 1.00 bits per heavy atom. The number of nitrogens with zero attached hydrogens (tertiary/aromatic N) is 1. The second-order valence-corrected chi connectivity index (χ2v) is 0.238. The van der Waals surface area contributed by atoms with Crippen molar-refractivity contribution >= 4 is 0 Å². The standard InChI is InChI=1S/Gd.HNO3.5H2O/c;2-1(3)4;;;;;/h;(H,2,3,4);5*1H2. The van der Waals surface area contributed by atoms with Crippen LogP contribution in [-0.2, 0) is 0 Å². The summed E-state index contributed by atoms with van der Waals surface area (Å²) in [5.41, 5.74) is 0. The van der Waals surface area contributed by atoms with E-state index in [0.29, 0.717) is 0 Å². The maximum absolute atomic E-state index is 8.36. The van der Waals surface area contributed by atoms with Crippen LogP contribution in [0.1, 0.15) is 0 Å². The molecule has 0 rings (SSSR count). The fourth-order valence-corrected chi connectivity index (χ4v) is 0. The normalized spacial score (nSPS) is 2.40. The predicted octanol–water partition coefficient (Wildman–Crippen LogP) is -4.47. The molecule has 0 unspecified atom stereocenters. The molecule has 0 heterocycles. The SMILES string of the molecule is O.O.O.O.O.O=[N+]([O-])O.[Gd]. The van der Waals surface area contributed by atoms with E-state index >= 15 is 0 Å². The molecule has 10 heteroatoms. The van der Waals surface area contributed by atoms with E-state index in [-0.39, 0.29) is 67.3 Å². The molecule has 0 aliphatic rings. The van der Waals surface area contributed by atoms with Crippen LogP contribution in [0.15, 0.2) is 0 Å². The summed E-state index contributed by atoms with van der Waals surface area (Å²) in [4.78, 5) is 8.36. The summed E-state index contributed by atoms with van der Waals surface area (Å²) in [6.45, 7) is 0. The van der Waals surface area contributed by atoms with Crippen LogP contribution in [0.4, 0.5) is 0 Å². The van der Waals surface area contributed by atoms with Crippen molar-refractivity contribution < 1.29 is 77.6 Å². The van der Waals surface area contributed by atoms with Crippen molar-refractivity contribution in [1.82, 2.24) is 0 Å². The molecular formula is H11GdNO8. The van der Waals surface area contributed by atoms with Gasteiger partial charge >= 0.3 is 0 Å². The minimum atomic E-state index is -1.50. The van der Waals surface area contributed by atoms with Gasteiger partial charge in [0.2, 0.25) is 0 Å². The molecule has 0 atom stereocenters. The van der Waals surface area contributed by atoms with E-state index in [4.69, 9.17) is 15.3 Å². The molecule has 0 fully saturated rings. The van der Waals surface area contributed by atoms with Crippen molar-refractivity contribution in [1.29, 1.82) is 0 Å². The Morgan fingerprint density at radius 2 is 1.00 bits per heavy atom. The predicted molar refractivity (Wildman–Crippen MR) is 26.8 cm³/mol. The van der Waals surface area contributed by atoms with E-state index in [1.54, 1.807) is 0 Å². The summed E-state index contributed by atoms with van der Waals surface area (Å²) in [5, 5.41) is 13.6. The zero-order chi connectivity index (χ0) is 3.58. The zero-order valence-electron chi connectivity index (χ0n) is 4.56. The van der Waals surface area contributed by atoms with Gasteiger partial charge < -0.3 is 32.6 Å². The van der Waals surface area contributed by atoms with Gasteiger partial charge in [-0.1, -0.05) is 0 Å². The van der Waals surface area contributed by atoms with Gasteiger partial charge in [-0.25, -0.2) is 0 Å². The van der Waals surface area contributed by atoms with Crippen molar-refractivity contribution in [3.8, 4) is 0 Å². The zero-order valence-corrected chi connectivity index (χ0v) is 6.83. The van der Waals surface area contributed by atoms with E-state index in [1.165, 1.54) is 0 Å². The van der Waals surface area contributed by atoms with Crippen molar-refractivity contribution in [3.05, 3.63) is 10.1 Å². The first-order valence-electron chi connectivity index (χ1n) is 0.565. The van der Waals surface area contributed by atoms with Gasteiger partial charge in [0.25, 0.3) is 5.09 Å². The smallest absolute Gasteiger partial charge is 0.291 e. The third-order valence-electron chi connectivity index (χ3n) is 0. The number of rotatable bonds is 0. The summed E-state index contributed by atoms with van der Waals surface area (Å²) >= 11 is 0. The molecule has 10 heavy (non-hydrogen) atoms. The minimum Gasteiger partial charge on any atom is -0.412 e. The Bertz CT molecular complexity index is 32.2. The molecular weight excluding hydrogens is 299 g/mol. The van der Waals surface area contributed by atoms with Crippen LogP contribution in [-0.4, -0.2) is 37.7 Å². The van der Waals surface area contributed by atoms with Gasteiger partial charge in [-0.05, 0) is 0 Å². The summed E-state index contributed by atoms with van der Waals surface area (Å²) in [6.07, 6.45) is 0. The number of hydrogen-bond donors (Lipinski definition) is 1. The van der Waals surface area contributed by atoms with E-state index in [0.717, 1.165) is 0 Å². The first kappa shape index (κ1) is 81.2. The van der Waals surface area contributed by atoms with Crippen molar-refractivity contribution in [2.75, 3.05) is 0 Å². The summed E-state index contributed by atoms with van der Waals surface area (Å²) < 4.78 is 0. The van der Waals surface area contributed by atoms with Gasteiger partial charge in [-0.2, -0.15) is 0 Å². The fraction of sp³-hybridized carbons (Fsp3) is 0. The first-order valence-corrected chi connectivity index (χ1v) is 0.565. The molecule has 11 N–H and O–H groups in total. The third kappa shape index (κ3) is 4240. The second-order valence-electron chi connectivity index (χ2n) is 0.238. The summed E-state index contributed by atoms with van der Waals surface area (Å²) in [5.74, 6) is 0. The van der Waals surface area contributed by atoms with Crippen molar-refractivity contribution in [2.45, 2.75) is 0 Å². The molecule has 0 amide bonds. The molecule has 72 valence electrons. The Hall–Kier alpha value is 0.325. The third-order valence-corrected chi connectivity index (χ3v) is 0. The molecule has 0 radical (unpaired) electrons. The van der Waals surface area contributed by atoms with Gasteiger partial charge in [0.1, 0.15) is 0 Å². The van der Waals surface area contributed by atoms with Crippen LogP contribution in [0, 0.1) is 50.1 Å². The van der Waals surface area contributed by atoms with E-state index in [1.807, 2.05) is 0 Å². The van der Waals surface area contributed by atoms with E-state index in [2.05, 4.69) is 0 Å². The molecule has 0 aliphatic heterocycles. The van der Waals surface area contributed by atoms with Gasteiger partial charge in [0.05, 0.1) is 0 Å². The monoisotopic (exact) mass is 311 g/mol. The van der Waals surface area contributed by atoms with Crippen LogP contribution >= 0.6 is 0 Å². The van der Waals surface area contributed by atoms with Crippen molar-refractivity contribution in [3.63, 3.8) is 0 Å². The first-order chi connectivity index (χ1) is 1.73. The van der Waals surface area contributed by atoms with Crippen LogP contribution in [0.3, 0.4) is 0 Å². The Balaban J connectivity index is -0.00000000300. The maximum Gasteiger partial charge on any atom is 0.291 e. The molecule has 0 saturated heterocycles. The van der Waals surface area contributed by atoms with Crippen molar-refractivity contribution in [2.24, 2.45) is 0 Å². The minimum absolute atomic E-state index is 0. The summed E-state index contributed by atoms with van der Waals surface area (Å²) in [6, 6.07) is 0. The average molecular weight is 310 g/mol. The Kier molecular flexibility index (Phi) is 475. The average Bonchev–Trinajstić information content (AvgIpc) is 0.811. The van der Waals surface area contributed by atoms with E-state index in [9.17, 15) is 0 Å². The topological polar surface area (TPSA) is 221 Å². The largest absolute Gasteiger partial charge is 0.412 e. The number of hydrogen-bond acceptors (Lipinski definition) is 2. The van der Waals surface area contributed by atoms with Crippen LogP contribution in [0.25, 0.3) is 0 Å². The quantitative estimate of drug-likeness (QED) is 0.345. The molecule has 0 aromatic heterocycles. The molecule has 9 nitrogen and oxygen atoms in total. The molecule has 0 aromatic rings. The van der Waals surface area contributed by atoms with E-state index < -0.39 is 5.09 Å². The van der Waals surface area contributed by atoms with Crippen LogP contribution < -0.4 is 0 Å². The molecule has 0 saturated carbocycles. The summed E-state index contributed by atoms with van der Waals surface area (Å²) in [7, 11) is 0. The Labute approximate surface area is 87.4 Å². The fourth-order valence-electron chi connectivity index (χ4n) is 0. The van der Waals surface area contributed by atoms with Gasteiger partial charge in [0, 0.05) is 39.9 Å². The second kappa shape index (κ2) is 58.5. The maximum atomic E-state index is 8.36. The van der Waals surface area contributed by atoms with Gasteiger partial charge in [0.15, 0.2) is 0 Å². The van der Waals surface area contributed by atoms with Gasteiger partial charge in [-0.15, -0.1) is 10.1 Å². The Morgan fingerprint density at radius 3 is 1.00 bits per heavy atom. The van der Waals surface area contributed by atoms with Gasteiger partial charge in [-0.3, -0.25) is 0 Å². The molecule has 0 spiro atoms. The molecule has 0 aromatic carbocycles. The van der Waals surface area contributed by atoms with Crippen LogP contribution in [0.5, 0.6) is 0 Å².